The van der Waals surface area contributed by atoms with Crippen LogP contribution in [0.25, 0.3) is 11.1 Å². The molecule has 2 N–H and O–H groups in total. The minimum Gasteiger partial charge on any atom is -0.495 e. The van der Waals surface area contributed by atoms with Gasteiger partial charge in [-0.1, -0.05) is 23.2 Å². The fourth-order valence-electron chi connectivity index (χ4n) is 1.79. The first-order valence-electron chi connectivity index (χ1n) is 5.53. The zero-order valence-corrected chi connectivity index (χ0v) is 11.9. The Kier molecular flexibility index (Phi) is 3.88. The van der Waals surface area contributed by atoms with Crippen LogP contribution >= 0.6 is 23.2 Å². The molecule has 0 saturated heterocycles. The average Bonchev–Trinajstić information content (AvgIpc) is 2.36. The van der Waals surface area contributed by atoms with Crippen LogP contribution in [0.2, 0.25) is 10.0 Å². The number of aryl methyl sites for hydroxylation is 1. The molecule has 0 heterocycles. The van der Waals surface area contributed by atoms with Crippen LogP contribution in [0.15, 0.2) is 24.3 Å². The lowest BCUT2D eigenvalue weighted by Crippen LogP contribution is -1.95. The normalized spacial score (nSPS) is 10.6. The molecule has 0 aliphatic rings. The average molecular weight is 300 g/mol. The number of hydrogen-bond donors (Lipinski definition) is 1. The summed E-state index contributed by atoms with van der Waals surface area (Å²) >= 11 is 12.2. The minimum atomic E-state index is -0.394. The molecule has 0 aromatic heterocycles. The van der Waals surface area contributed by atoms with Crippen molar-refractivity contribution >= 4 is 28.9 Å². The van der Waals surface area contributed by atoms with Crippen molar-refractivity contribution in [3.8, 4) is 16.9 Å². The van der Waals surface area contributed by atoms with Gasteiger partial charge in [-0.05, 0) is 30.7 Å². The molecular formula is C14H12Cl2FNO. The van der Waals surface area contributed by atoms with Crippen molar-refractivity contribution in [3.05, 3.63) is 45.7 Å². The number of methoxy groups -OCH3 is 1. The van der Waals surface area contributed by atoms with Gasteiger partial charge in [0, 0.05) is 22.9 Å². The molecule has 0 fully saturated rings. The fraction of sp³-hybridized carbons (Fsp3) is 0.143. The summed E-state index contributed by atoms with van der Waals surface area (Å²) in [5.74, 6) is 0.0470. The van der Waals surface area contributed by atoms with Crippen molar-refractivity contribution in [2.24, 2.45) is 0 Å². The maximum absolute atomic E-state index is 14.0. The zero-order chi connectivity index (χ0) is 14.2. The third-order valence-corrected chi connectivity index (χ3v) is 3.50. The highest BCUT2D eigenvalue weighted by Gasteiger charge is 2.14. The van der Waals surface area contributed by atoms with E-state index in [0.717, 1.165) is 0 Å². The van der Waals surface area contributed by atoms with E-state index in [1.54, 1.807) is 25.1 Å². The number of rotatable bonds is 2. The monoisotopic (exact) mass is 299 g/mol. The van der Waals surface area contributed by atoms with E-state index in [1.165, 1.54) is 13.2 Å². The predicted molar refractivity (Wildman–Crippen MR) is 77.6 cm³/mol. The Balaban J connectivity index is 2.65. The number of anilines is 1. The summed E-state index contributed by atoms with van der Waals surface area (Å²) in [7, 11) is 1.49. The lowest BCUT2D eigenvalue weighted by molar-refractivity contribution is 0.415. The lowest BCUT2D eigenvalue weighted by Gasteiger charge is -2.11. The molecule has 2 rings (SSSR count). The molecule has 0 amide bonds. The van der Waals surface area contributed by atoms with E-state index in [4.69, 9.17) is 33.7 Å². The van der Waals surface area contributed by atoms with Gasteiger partial charge in [-0.3, -0.25) is 0 Å². The minimum absolute atomic E-state index is 0.317. The molecule has 2 aromatic carbocycles. The van der Waals surface area contributed by atoms with Crippen LogP contribution in [-0.2, 0) is 0 Å². The predicted octanol–water partition coefficient (Wildman–Crippen LogP) is 4.70. The van der Waals surface area contributed by atoms with Gasteiger partial charge in [0.2, 0.25) is 0 Å². The summed E-state index contributed by atoms with van der Waals surface area (Å²) in [6, 6.07) is 6.04. The molecule has 2 nitrogen and oxygen atoms in total. The van der Waals surface area contributed by atoms with Crippen LogP contribution in [0, 0.1) is 12.7 Å². The first kappa shape index (κ1) is 14.0. The van der Waals surface area contributed by atoms with Crippen LogP contribution in [-0.4, -0.2) is 7.11 Å². The Hall–Kier alpha value is -1.45. The summed E-state index contributed by atoms with van der Waals surface area (Å²) in [5, 5.41) is 0.712. The van der Waals surface area contributed by atoms with Gasteiger partial charge in [0.1, 0.15) is 11.6 Å². The molecule has 0 radical (unpaired) electrons. The van der Waals surface area contributed by atoms with E-state index in [9.17, 15) is 4.39 Å². The molecule has 100 valence electrons. The number of benzene rings is 2. The molecule has 0 aliphatic heterocycles. The smallest absolute Gasteiger partial charge is 0.138 e. The van der Waals surface area contributed by atoms with E-state index < -0.39 is 5.82 Å². The highest BCUT2D eigenvalue weighted by Crippen LogP contribution is 2.38. The molecule has 0 bridgehead atoms. The molecule has 5 heteroatoms. The van der Waals surface area contributed by atoms with Crippen LogP contribution in [0.3, 0.4) is 0 Å². The fourth-order valence-corrected chi connectivity index (χ4v) is 2.28. The van der Waals surface area contributed by atoms with Gasteiger partial charge in [-0.25, -0.2) is 4.39 Å². The second-order valence-corrected chi connectivity index (χ2v) is 4.97. The van der Waals surface area contributed by atoms with Gasteiger partial charge in [0.05, 0.1) is 17.2 Å². The Morgan fingerprint density at radius 3 is 2.37 bits per heavy atom. The Bertz CT molecular complexity index is 644. The maximum atomic E-state index is 14.0. The second-order valence-electron chi connectivity index (χ2n) is 4.16. The van der Waals surface area contributed by atoms with Gasteiger partial charge < -0.3 is 10.5 Å². The quantitative estimate of drug-likeness (QED) is 0.816. The SMILES string of the molecule is COc1cc(Cl)c(-c2cc(N)c(C)cc2F)cc1Cl. The first-order chi connectivity index (χ1) is 8.93. The van der Waals surface area contributed by atoms with Crippen molar-refractivity contribution in [2.75, 3.05) is 12.8 Å². The molecule has 0 saturated carbocycles. The number of nitrogen functional groups attached to an aromatic ring is 1. The maximum Gasteiger partial charge on any atom is 0.138 e. The van der Waals surface area contributed by atoms with Crippen molar-refractivity contribution in [1.29, 1.82) is 0 Å². The first-order valence-corrected chi connectivity index (χ1v) is 6.28. The van der Waals surface area contributed by atoms with Gasteiger partial charge >= 0.3 is 0 Å². The van der Waals surface area contributed by atoms with E-state index in [2.05, 4.69) is 0 Å². The molecule has 0 atom stereocenters. The summed E-state index contributed by atoms with van der Waals surface area (Å²) < 4.78 is 19.1. The van der Waals surface area contributed by atoms with E-state index in [1.807, 2.05) is 0 Å². The van der Waals surface area contributed by atoms with Gasteiger partial charge in [-0.2, -0.15) is 0 Å². The highest BCUT2D eigenvalue weighted by atomic mass is 35.5. The summed E-state index contributed by atoms with van der Waals surface area (Å²) in [6.45, 7) is 1.74. The summed E-state index contributed by atoms with van der Waals surface area (Å²) in [5.41, 5.74) is 7.78. The van der Waals surface area contributed by atoms with Gasteiger partial charge in [0.15, 0.2) is 0 Å². The van der Waals surface area contributed by atoms with Crippen molar-refractivity contribution in [2.45, 2.75) is 6.92 Å². The molecule has 0 unspecified atom stereocenters. The molecular weight excluding hydrogens is 288 g/mol. The van der Waals surface area contributed by atoms with Crippen molar-refractivity contribution in [1.82, 2.24) is 0 Å². The van der Waals surface area contributed by atoms with Crippen molar-refractivity contribution in [3.63, 3.8) is 0 Å². The summed E-state index contributed by atoms with van der Waals surface area (Å²) in [4.78, 5) is 0. The van der Waals surface area contributed by atoms with Crippen LogP contribution < -0.4 is 10.5 Å². The third-order valence-electron chi connectivity index (χ3n) is 2.89. The zero-order valence-electron chi connectivity index (χ0n) is 10.4. The largest absolute Gasteiger partial charge is 0.495 e. The van der Waals surface area contributed by atoms with E-state index >= 15 is 0 Å². The number of nitrogens with two attached hydrogens (primary N) is 1. The van der Waals surface area contributed by atoms with E-state index in [0.29, 0.717) is 38.2 Å². The molecule has 19 heavy (non-hydrogen) atoms. The van der Waals surface area contributed by atoms with Crippen LogP contribution in [0.5, 0.6) is 5.75 Å². The number of hydrogen-bond acceptors (Lipinski definition) is 2. The standard InChI is InChI=1S/C14H12Cl2FNO/c1-7-3-12(17)9(5-13(7)18)8-4-11(16)14(19-2)6-10(8)15/h3-6H,18H2,1-2H3. The Morgan fingerprint density at radius 2 is 1.74 bits per heavy atom. The molecule has 0 spiro atoms. The Morgan fingerprint density at radius 1 is 1.05 bits per heavy atom. The topological polar surface area (TPSA) is 35.2 Å². The summed E-state index contributed by atoms with van der Waals surface area (Å²) in [6.07, 6.45) is 0. The van der Waals surface area contributed by atoms with E-state index in [-0.39, 0.29) is 0 Å². The lowest BCUT2D eigenvalue weighted by atomic mass is 10.0. The van der Waals surface area contributed by atoms with Crippen LogP contribution in [0.1, 0.15) is 5.56 Å². The third kappa shape index (κ3) is 2.62. The van der Waals surface area contributed by atoms with Crippen LogP contribution in [0.4, 0.5) is 10.1 Å². The number of ether oxygens (including phenoxy) is 1. The van der Waals surface area contributed by atoms with Gasteiger partial charge in [-0.15, -0.1) is 0 Å². The Labute approximate surface area is 120 Å². The molecule has 0 aliphatic carbocycles. The second kappa shape index (κ2) is 5.27. The molecule has 2 aromatic rings. The van der Waals surface area contributed by atoms with Gasteiger partial charge in [0.25, 0.3) is 0 Å². The highest BCUT2D eigenvalue weighted by molar-refractivity contribution is 6.36. The van der Waals surface area contributed by atoms with Crippen molar-refractivity contribution < 1.29 is 9.13 Å². The number of halogens is 3.